The Morgan fingerprint density at radius 2 is 2.18 bits per heavy atom. The lowest BCUT2D eigenvalue weighted by Crippen LogP contribution is -2.51. The van der Waals surface area contributed by atoms with Gasteiger partial charge in [-0.2, -0.15) is 0 Å². The van der Waals surface area contributed by atoms with Gasteiger partial charge in [0, 0.05) is 36.0 Å². The second-order valence-corrected chi connectivity index (χ2v) is 9.71. The maximum atomic E-state index is 13.3. The van der Waals surface area contributed by atoms with Gasteiger partial charge in [0.2, 0.25) is 0 Å². The normalized spacial score (nSPS) is 20.0. The molecule has 1 fully saturated rings. The van der Waals surface area contributed by atoms with Crippen LogP contribution in [0.3, 0.4) is 0 Å². The number of rotatable bonds is 2. The Labute approximate surface area is 194 Å². The molecule has 4 aromatic rings. The van der Waals surface area contributed by atoms with Crippen LogP contribution in [-0.4, -0.2) is 54.6 Å². The van der Waals surface area contributed by atoms with Crippen molar-refractivity contribution in [2.45, 2.75) is 44.9 Å². The fourth-order valence-corrected chi connectivity index (χ4v) is 5.62. The van der Waals surface area contributed by atoms with Crippen molar-refractivity contribution in [1.82, 2.24) is 29.4 Å². The molecule has 0 aliphatic carbocycles. The molecule has 6 heterocycles. The van der Waals surface area contributed by atoms with E-state index in [-0.39, 0.29) is 12.0 Å². The van der Waals surface area contributed by atoms with E-state index in [0.29, 0.717) is 41.9 Å². The number of hydrogen-bond acceptors (Lipinski definition) is 6. The monoisotopic (exact) mass is 465 g/mol. The number of aromatic amines is 1. The molecule has 0 aromatic carbocycles. The van der Waals surface area contributed by atoms with Crippen molar-refractivity contribution in [1.29, 1.82) is 0 Å². The van der Waals surface area contributed by atoms with Crippen molar-refractivity contribution in [3.8, 4) is 11.3 Å². The summed E-state index contributed by atoms with van der Waals surface area (Å²) in [5.41, 5.74) is 9.79. The van der Waals surface area contributed by atoms with Crippen LogP contribution in [0.15, 0.2) is 24.7 Å². The number of carbonyl (C=O) groups is 1. The number of nitrogens with two attached hydrogens (primary N) is 1. The second kappa shape index (κ2) is 7.16. The fraction of sp³-hybridized carbons (Fsp3) is 0.391. The Morgan fingerprint density at radius 1 is 1.33 bits per heavy atom. The number of anilines is 1. The van der Waals surface area contributed by atoms with Gasteiger partial charge in [-0.05, 0) is 38.8 Å². The first-order chi connectivity index (χ1) is 15.9. The van der Waals surface area contributed by atoms with E-state index in [1.165, 1.54) is 6.33 Å². The maximum Gasteiger partial charge on any atom is 0.252 e. The summed E-state index contributed by atoms with van der Waals surface area (Å²) >= 11 is 6.85. The van der Waals surface area contributed by atoms with Gasteiger partial charge in [0.15, 0.2) is 0 Å². The number of nitrogen functional groups attached to an aromatic ring is 1. The molecule has 1 atom stereocenters. The third-order valence-corrected chi connectivity index (χ3v) is 7.07. The summed E-state index contributed by atoms with van der Waals surface area (Å²) in [6, 6.07) is 3.77. The minimum Gasteiger partial charge on any atom is -0.383 e. The molecule has 0 unspecified atom stereocenters. The van der Waals surface area contributed by atoms with Crippen LogP contribution in [-0.2, 0) is 21.6 Å². The van der Waals surface area contributed by atoms with Crippen molar-refractivity contribution >= 4 is 45.4 Å². The molecule has 0 saturated carbocycles. The molecule has 6 rings (SSSR count). The van der Waals surface area contributed by atoms with E-state index in [1.807, 2.05) is 17.0 Å². The molecule has 2 aliphatic rings. The van der Waals surface area contributed by atoms with Gasteiger partial charge < -0.3 is 24.9 Å². The van der Waals surface area contributed by atoms with Crippen LogP contribution in [0.25, 0.3) is 33.3 Å². The zero-order valence-electron chi connectivity index (χ0n) is 18.4. The molecule has 33 heavy (non-hydrogen) atoms. The second-order valence-electron chi connectivity index (χ2n) is 9.34. The lowest BCUT2D eigenvalue weighted by Gasteiger charge is -2.41. The molecule has 170 valence electrons. The highest BCUT2D eigenvalue weighted by Crippen LogP contribution is 2.45. The van der Waals surface area contributed by atoms with Crippen LogP contribution in [0.2, 0.25) is 5.02 Å². The van der Waals surface area contributed by atoms with Gasteiger partial charge in [0.05, 0.1) is 28.2 Å². The SMILES string of the molecule is CC1(C)CN(C(=O)[C@@H]2CCCO2)Cc2c(-c3[nH]c4ncccc4c3Cl)c3c(N)ncnc3n21. The first-order valence-corrected chi connectivity index (χ1v) is 11.4. The molecule has 9 nitrogen and oxygen atoms in total. The number of aromatic nitrogens is 5. The van der Waals surface area contributed by atoms with Gasteiger partial charge in [0.25, 0.3) is 5.91 Å². The number of ether oxygens (including phenoxy) is 1. The Balaban J connectivity index is 1.62. The van der Waals surface area contributed by atoms with Crippen LogP contribution in [0.5, 0.6) is 0 Å². The summed E-state index contributed by atoms with van der Waals surface area (Å²) in [6.45, 7) is 5.76. The van der Waals surface area contributed by atoms with Gasteiger partial charge in [-0.25, -0.2) is 15.0 Å². The molecule has 2 aliphatic heterocycles. The van der Waals surface area contributed by atoms with E-state index in [9.17, 15) is 4.79 Å². The summed E-state index contributed by atoms with van der Waals surface area (Å²) in [6.07, 6.45) is 4.47. The van der Waals surface area contributed by atoms with Crippen LogP contribution < -0.4 is 5.73 Å². The lowest BCUT2D eigenvalue weighted by molar-refractivity contribution is -0.144. The highest BCUT2D eigenvalue weighted by atomic mass is 35.5. The van der Waals surface area contributed by atoms with E-state index in [1.54, 1.807) is 6.20 Å². The van der Waals surface area contributed by atoms with Crippen LogP contribution in [0, 0.1) is 0 Å². The molecule has 1 saturated heterocycles. The predicted molar refractivity (Wildman–Crippen MR) is 126 cm³/mol. The third kappa shape index (κ3) is 2.95. The number of nitrogens with zero attached hydrogens (tertiary/aromatic N) is 5. The zero-order valence-corrected chi connectivity index (χ0v) is 19.2. The molecular formula is C23H24ClN7O2. The molecule has 1 amide bonds. The largest absolute Gasteiger partial charge is 0.383 e. The third-order valence-electron chi connectivity index (χ3n) is 6.67. The Morgan fingerprint density at radius 3 is 2.94 bits per heavy atom. The topological polar surface area (TPSA) is 115 Å². The number of nitrogens with one attached hydrogen (secondary N) is 1. The van der Waals surface area contributed by atoms with E-state index in [4.69, 9.17) is 22.1 Å². The molecule has 0 bridgehead atoms. The number of halogens is 1. The molecular weight excluding hydrogens is 442 g/mol. The Kier molecular flexibility index (Phi) is 4.44. The van der Waals surface area contributed by atoms with Crippen LogP contribution in [0.4, 0.5) is 5.82 Å². The van der Waals surface area contributed by atoms with Gasteiger partial charge in [-0.1, -0.05) is 11.6 Å². The van der Waals surface area contributed by atoms with Gasteiger partial charge in [-0.15, -0.1) is 0 Å². The summed E-state index contributed by atoms with van der Waals surface area (Å²) in [7, 11) is 0. The standard InChI is InChI=1S/C23H24ClN7O2/c1-23(2)10-30(22(32)14-6-4-8-33-14)9-13-15(16-19(25)27-11-28-21(16)31(13)23)18-17(24)12-5-3-7-26-20(12)29-18/h3,5,7,11,14H,4,6,8-10H2,1-2H3,(H,26,29)(H2,25,27,28)/t14-/m0/s1. The zero-order chi connectivity index (χ0) is 22.9. The smallest absolute Gasteiger partial charge is 0.252 e. The van der Waals surface area contributed by atoms with Crippen molar-refractivity contribution in [3.05, 3.63) is 35.4 Å². The van der Waals surface area contributed by atoms with Crippen molar-refractivity contribution in [3.63, 3.8) is 0 Å². The number of pyridine rings is 1. The highest BCUT2D eigenvalue weighted by molar-refractivity contribution is 6.38. The van der Waals surface area contributed by atoms with Gasteiger partial charge in [-0.3, -0.25) is 4.79 Å². The summed E-state index contributed by atoms with van der Waals surface area (Å²) < 4.78 is 7.87. The predicted octanol–water partition coefficient (Wildman–Crippen LogP) is 3.47. The average Bonchev–Trinajstić information content (AvgIpc) is 3.50. The molecule has 4 aromatic heterocycles. The van der Waals surface area contributed by atoms with Crippen molar-refractivity contribution < 1.29 is 9.53 Å². The van der Waals surface area contributed by atoms with Crippen molar-refractivity contribution in [2.75, 3.05) is 18.9 Å². The summed E-state index contributed by atoms with van der Waals surface area (Å²) in [5, 5.41) is 2.09. The van der Waals surface area contributed by atoms with E-state index >= 15 is 0 Å². The van der Waals surface area contributed by atoms with E-state index < -0.39 is 5.54 Å². The summed E-state index contributed by atoms with van der Waals surface area (Å²) in [5.74, 6) is 0.388. The summed E-state index contributed by atoms with van der Waals surface area (Å²) in [4.78, 5) is 31.9. The number of H-pyrrole nitrogens is 1. The quantitative estimate of drug-likeness (QED) is 0.468. The van der Waals surface area contributed by atoms with E-state index in [0.717, 1.165) is 40.5 Å². The minimum atomic E-state index is -0.435. The number of fused-ring (bicyclic) bond motifs is 4. The van der Waals surface area contributed by atoms with Crippen LogP contribution in [0.1, 0.15) is 32.4 Å². The number of hydrogen-bond donors (Lipinski definition) is 2. The van der Waals surface area contributed by atoms with Gasteiger partial charge >= 0.3 is 0 Å². The Hall–Kier alpha value is -3.17. The number of carbonyl (C=O) groups excluding carboxylic acids is 1. The lowest BCUT2D eigenvalue weighted by atomic mass is 9.98. The first-order valence-electron chi connectivity index (χ1n) is 11.0. The van der Waals surface area contributed by atoms with Crippen molar-refractivity contribution in [2.24, 2.45) is 0 Å². The average molecular weight is 466 g/mol. The van der Waals surface area contributed by atoms with E-state index in [2.05, 4.69) is 38.4 Å². The molecule has 0 spiro atoms. The minimum absolute atomic E-state index is 0.0199. The van der Waals surface area contributed by atoms with Gasteiger partial charge in [0.1, 0.15) is 29.5 Å². The maximum absolute atomic E-state index is 13.3. The number of amides is 1. The molecule has 10 heteroatoms. The van der Waals surface area contributed by atoms with Crippen LogP contribution >= 0.6 is 11.6 Å². The highest BCUT2D eigenvalue weighted by Gasteiger charge is 2.41. The molecule has 3 N–H and O–H groups in total. The fourth-order valence-electron chi connectivity index (χ4n) is 5.32. The molecule has 0 radical (unpaired) electrons. The Bertz CT molecular complexity index is 1420. The first kappa shape index (κ1) is 20.4.